The van der Waals surface area contributed by atoms with E-state index in [0.717, 1.165) is 0 Å². The number of methoxy groups -OCH3 is 2. The number of nitrogens with one attached hydrogen (secondary N) is 1. The molecule has 0 unspecified atom stereocenters. The van der Waals surface area contributed by atoms with E-state index in [9.17, 15) is 9.59 Å². The number of anilines is 1. The molecular formula is C19H19ClN2O4. The normalized spacial score (nSPS) is 16.5. The zero-order chi connectivity index (χ0) is 18.7. The second-order valence-electron chi connectivity index (χ2n) is 5.93. The Morgan fingerprint density at radius 2 is 1.92 bits per heavy atom. The highest BCUT2D eigenvalue weighted by molar-refractivity contribution is 6.30. The van der Waals surface area contributed by atoms with Gasteiger partial charge in [0.05, 0.1) is 20.3 Å². The van der Waals surface area contributed by atoms with Gasteiger partial charge in [0.25, 0.3) is 5.91 Å². The summed E-state index contributed by atoms with van der Waals surface area (Å²) in [6.45, 7) is 0.390. The van der Waals surface area contributed by atoms with Crippen molar-refractivity contribution in [1.29, 1.82) is 0 Å². The first-order chi connectivity index (χ1) is 12.5. The van der Waals surface area contributed by atoms with Crippen molar-refractivity contribution in [1.82, 2.24) is 5.32 Å². The number of halogens is 1. The van der Waals surface area contributed by atoms with Gasteiger partial charge in [-0.25, -0.2) is 0 Å². The smallest absolute Gasteiger partial charge is 0.251 e. The zero-order valence-corrected chi connectivity index (χ0v) is 15.2. The number of nitrogens with zero attached hydrogens (tertiary/aromatic N) is 1. The van der Waals surface area contributed by atoms with Gasteiger partial charge in [-0.05, 0) is 30.3 Å². The van der Waals surface area contributed by atoms with E-state index in [1.54, 1.807) is 61.6 Å². The molecule has 1 saturated heterocycles. The van der Waals surface area contributed by atoms with E-state index in [2.05, 4.69) is 5.32 Å². The summed E-state index contributed by atoms with van der Waals surface area (Å²) in [6, 6.07) is 11.7. The maximum absolute atomic E-state index is 12.4. The van der Waals surface area contributed by atoms with Crippen molar-refractivity contribution in [3.8, 4) is 11.5 Å². The van der Waals surface area contributed by atoms with Crippen molar-refractivity contribution in [2.75, 3.05) is 25.7 Å². The maximum atomic E-state index is 12.4. The topological polar surface area (TPSA) is 67.9 Å². The summed E-state index contributed by atoms with van der Waals surface area (Å²) < 4.78 is 10.5. The Balaban J connectivity index is 1.72. The molecule has 1 atom stereocenters. The van der Waals surface area contributed by atoms with Gasteiger partial charge in [-0.2, -0.15) is 0 Å². The first kappa shape index (κ1) is 18.1. The van der Waals surface area contributed by atoms with Crippen LogP contribution in [0.1, 0.15) is 16.8 Å². The van der Waals surface area contributed by atoms with Crippen LogP contribution < -0.4 is 19.7 Å². The highest BCUT2D eigenvalue weighted by Crippen LogP contribution is 2.33. The molecule has 136 valence electrons. The summed E-state index contributed by atoms with van der Waals surface area (Å²) in [5, 5.41) is 3.38. The molecule has 0 radical (unpaired) electrons. The molecule has 26 heavy (non-hydrogen) atoms. The molecule has 6 nitrogen and oxygen atoms in total. The molecule has 1 heterocycles. The van der Waals surface area contributed by atoms with Crippen molar-refractivity contribution in [3.05, 3.63) is 53.1 Å². The van der Waals surface area contributed by atoms with Crippen LogP contribution in [0.3, 0.4) is 0 Å². The van der Waals surface area contributed by atoms with Crippen molar-refractivity contribution >= 4 is 29.1 Å². The number of benzene rings is 2. The van der Waals surface area contributed by atoms with Crippen LogP contribution in [-0.2, 0) is 4.79 Å². The highest BCUT2D eigenvalue weighted by atomic mass is 35.5. The minimum Gasteiger partial charge on any atom is -0.493 e. The second kappa shape index (κ2) is 7.66. The van der Waals surface area contributed by atoms with Gasteiger partial charge < -0.3 is 19.7 Å². The molecular weight excluding hydrogens is 356 g/mol. The average Bonchev–Trinajstić information content (AvgIpc) is 3.01. The molecule has 3 rings (SSSR count). The number of hydrogen-bond acceptors (Lipinski definition) is 4. The Kier molecular flexibility index (Phi) is 5.32. The minimum absolute atomic E-state index is 0.0615. The van der Waals surface area contributed by atoms with E-state index in [0.29, 0.717) is 34.3 Å². The van der Waals surface area contributed by atoms with Gasteiger partial charge in [-0.1, -0.05) is 17.7 Å². The maximum Gasteiger partial charge on any atom is 0.251 e. The summed E-state index contributed by atoms with van der Waals surface area (Å²) in [6.07, 6.45) is 0.237. The third kappa shape index (κ3) is 3.75. The zero-order valence-electron chi connectivity index (χ0n) is 14.5. The molecule has 0 aromatic heterocycles. The minimum atomic E-state index is -0.276. The summed E-state index contributed by atoms with van der Waals surface area (Å²) in [5.41, 5.74) is 1.17. The molecule has 0 aliphatic carbocycles. The Labute approximate surface area is 156 Å². The van der Waals surface area contributed by atoms with Crippen molar-refractivity contribution in [3.63, 3.8) is 0 Å². The number of hydrogen-bond donors (Lipinski definition) is 1. The van der Waals surface area contributed by atoms with Crippen molar-refractivity contribution in [2.45, 2.75) is 12.5 Å². The average molecular weight is 375 g/mol. The fourth-order valence-corrected chi connectivity index (χ4v) is 3.14. The standard InChI is InChI=1S/C19H19ClN2O4/c1-25-16-7-6-15(10-17(16)26-2)22-11-14(9-18(22)23)21-19(24)12-4-3-5-13(20)8-12/h3-8,10,14H,9,11H2,1-2H3,(H,21,24)/t14-/m1/s1. The lowest BCUT2D eigenvalue weighted by molar-refractivity contribution is -0.117. The molecule has 1 aliphatic rings. The Hall–Kier alpha value is -2.73. The lowest BCUT2D eigenvalue weighted by atomic mass is 10.2. The van der Waals surface area contributed by atoms with Gasteiger partial charge in [0.2, 0.25) is 5.91 Å². The fraction of sp³-hybridized carbons (Fsp3) is 0.263. The van der Waals surface area contributed by atoms with Gasteiger partial charge in [0.15, 0.2) is 11.5 Å². The van der Waals surface area contributed by atoms with Crippen LogP contribution in [0.15, 0.2) is 42.5 Å². The van der Waals surface area contributed by atoms with Crippen molar-refractivity contribution in [2.24, 2.45) is 0 Å². The molecule has 0 saturated carbocycles. The second-order valence-corrected chi connectivity index (χ2v) is 6.36. The van der Waals surface area contributed by atoms with E-state index < -0.39 is 0 Å². The quantitative estimate of drug-likeness (QED) is 0.873. The Morgan fingerprint density at radius 3 is 2.62 bits per heavy atom. The van der Waals surface area contributed by atoms with Crippen LogP contribution >= 0.6 is 11.6 Å². The van der Waals surface area contributed by atoms with Gasteiger partial charge >= 0.3 is 0 Å². The summed E-state index contributed by atoms with van der Waals surface area (Å²) in [5.74, 6) is 0.825. The van der Waals surface area contributed by atoms with Crippen LogP contribution in [0.2, 0.25) is 5.02 Å². The number of carbonyl (C=O) groups is 2. The lowest BCUT2D eigenvalue weighted by Crippen LogP contribution is -2.37. The SMILES string of the molecule is COc1ccc(N2C[C@H](NC(=O)c3cccc(Cl)c3)CC2=O)cc1OC. The van der Waals surface area contributed by atoms with Crippen LogP contribution in [-0.4, -0.2) is 38.6 Å². The molecule has 2 aromatic carbocycles. The van der Waals surface area contributed by atoms with E-state index in [4.69, 9.17) is 21.1 Å². The monoisotopic (exact) mass is 374 g/mol. The largest absolute Gasteiger partial charge is 0.493 e. The van der Waals surface area contributed by atoms with Crippen LogP contribution in [0.25, 0.3) is 0 Å². The molecule has 2 aromatic rings. The predicted octanol–water partition coefficient (Wildman–Crippen LogP) is 2.89. The van der Waals surface area contributed by atoms with Crippen LogP contribution in [0, 0.1) is 0 Å². The number of ether oxygens (including phenoxy) is 2. The van der Waals surface area contributed by atoms with Crippen LogP contribution in [0.4, 0.5) is 5.69 Å². The molecule has 1 fully saturated rings. The molecule has 0 spiro atoms. The third-order valence-corrected chi connectivity index (χ3v) is 4.46. The van der Waals surface area contributed by atoms with E-state index in [1.165, 1.54) is 0 Å². The number of amides is 2. The van der Waals surface area contributed by atoms with E-state index in [1.807, 2.05) is 0 Å². The number of carbonyl (C=O) groups excluding carboxylic acids is 2. The van der Waals surface area contributed by atoms with E-state index >= 15 is 0 Å². The molecule has 0 bridgehead atoms. The van der Waals surface area contributed by atoms with Gasteiger partial charge in [-0.3, -0.25) is 9.59 Å². The Bertz CT molecular complexity index is 840. The van der Waals surface area contributed by atoms with Gasteiger partial charge in [-0.15, -0.1) is 0 Å². The molecule has 2 amide bonds. The van der Waals surface area contributed by atoms with Crippen molar-refractivity contribution < 1.29 is 19.1 Å². The lowest BCUT2D eigenvalue weighted by Gasteiger charge is -2.19. The Morgan fingerprint density at radius 1 is 1.15 bits per heavy atom. The molecule has 7 heteroatoms. The number of rotatable bonds is 5. The summed E-state index contributed by atoms with van der Waals surface area (Å²) in [4.78, 5) is 26.4. The molecule has 1 N–H and O–H groups in total. The third-order valence-electron chi connectivity index (χ3n) is 4.23. The van der Waals surface area contributed by atoms with Gasteiger partial charge in [0.1, 0.15) is 0 Å². The highest BCUT2D eigenvalue weighted by Gasteiger charge is 2.32. The fourth-order valence-electron chi connectivity index (χ4n) is 2.95. The first-order valence-electron chi connectivity index (χ1n) is 8.10. The van der Waals surface area contributed by atoms with Crippen LogP contribution in [0.5, 0.6) is 11.5 Å². The first-order valence-corrected chi connectivity index (χ1v) is 8.48. The molecule has 1 aliphatic heterocycles. The van der Waals surface area contributed by atoms with E-state index in [-0.39, 0.29) is 24.3 Å². The summed E-state index contributed by atoms with van der Waals surface area (Å²) >= 11 is 5.92. The van der Waals surface area contributed by atoms with Gasteiger partial charge in [0, 0.05) is 35.3 Å². The predicted molar refractivity (Wildman–Crippen MR) is 99.2 cm³/mol. The summed E-state index contributed by atoms with van der Waals surface area (Å²) in [7, 11) is 3.10.